The summed E-state index contributed by atoms with van der Waals surface area (Å²) in [6.07, 6.45) is 3.23. The van der Waals surface area contributed by atoms with Gasteiger partial charge in [0.15, 0.2) is 11.5 Å². The molecule has 0 saturated heterocycles. The number of carbonyl (C=O) groups is 1. The van der Waals surface area contributed by atoms with Gasteiger partial charge in [-0.2, -0.15) is 13.7 Å². The van der Waals surface area contributed by atoms with Crippen molar-refractivity contribution in [3.05, 3.63) is 96.1 Å². The van der Waals surface area contributed by atoms with Crippen LogP contribution in [0, 0.1) is 11.3 Å². The van der Waals surface area contributed by atoms with Gasteiger partial charge in [0.05, 0.1) is 13.7 Å². The molecule has 0 aromatic heterocycles. The van der Waals surface area contributed by atoms with E-state index in [1.165, 1.54) is 31.4 Å². The minimum atomic E-state index is -4.14. The van der Waals surface area contributed by atoms with Gasteiger partial charge in [-0.15, -0.1) is 6.58 Å². The lowest BCUT2D eigenvalue weighted by Crippen LogP contribution is -2.14. The van der Waals surface area contributed by atoms with Crippen LogP contribution in [0.4, 0.5) is 5.69 Å². The summed E-state index contributed by atoms with van der Waals surface area (Å²) in [6.45, 7) is 5.71. The summed E-state index contributed by atoms with van der Waals surface area (Å²) in [5.41, 5.74) is 1.24. The van der Waals surface area contributed by atoms with Crippen molar-refractivity contribution in [1.29, 1.82) is 5.26 Å². The molecule has 190 valence electrons. The molecule has 0 unspecified atom stereocenters. The van der Waals surface area contributed by atoms with E-state index in [4.69, 9.17) is 13.7 Å². The molecule has 8 nitrogen and oxygen atoms in total. The number of allylic oxidation sites excluding steroid dienone is 1. The molecule has 0 spiro atoms. The van der Waals surface area contributed by atoms with Crippen LogP contribution in [0.2, 0.25) is 0 Å². The average molecular weight is 519 g/mol. The van der Waals surface area contributed by atoms with Gasteiger partial charge >= 0.3 is 10.1 Å². The largest absolute Gasteiger partial charge is 0.497 e. The average Bonchev–Trinajstić information content (AvgIpc) is 2.90. The van der Waals surface area contributed by atoms with Crippen molar-refractivity contribution in [3.8, 4) is 23.3 Å². The maximum Gasteiger partial charge on any atom is 0.339 e. The standard InChI is InChI=1S/C28H26N2O6S/c1-4-9-21-16-20(17-22(19-29)28(31)30-23-12-14-24(34-3)15-13-23)18-26(35-5-2)27(21)36-37(32,33)25-10-7-6-8-11-25/h4,6-8,10-18H,1,5,9H2,2-3H3,(H,30,31)/b22-17+. The highest BCUT2D eigenvalue weighted by atomic mass is 32.2. The third-order valence-corrected chi connectivity index (χ3v) is 6.30. The topological polar surface area (TPSA) is 115 Å². The van der Waals surface area contributed by atoms with Crippen LogP contribution >= 0.6 is 0 Å². The molecule has 0 radical (unpaired) electrons. The number of methoxy groups -OCH3 is 1. The van der Waals surface area contributed by atoms with Crippen molar-refractivity contribution in [1.82, 2.24) is 0 Å². The number of anilines is 1. The third kappa shape index (κ3) is 6.99. The lowest BCUT2D eigenvalue weighted by atomic mass is 10.0. The van der Waals surface area contributed by atoms with E-state index in [9.17, 15) is 18.5 Å². The lowest BCUT2D eigenvalue weighted by molar-refractivity contribution is -0.112. The molecular formula is C28H26N2O6S. The van der Waals surface area contributed by atoms with Crippen LogP contribution in [-0.2, 0) is 21.3 Å². The van der Waals surface area contributed by atoms with Crippen molar-refractivity contribution in [2.24, 2.45) is 0 Å². The number of nitrogens with zero attached hydrogens (tertiary/aromatic N) is 1. The van der Waals surface area contributed by atoms with Gasteiger partial charge in [-0.1, -0.05) is 24.3 Å². The Kier molecular flexibility index (Phi) is 9.08. The number of carbonyl (C=O) groups excluding carboxylic acids is 1. The second kappa shape index (κ2) is 12.4. The summed E-state index contributed by atoms with van der Waals surface area (Å²) in [5.74, 6) is 0.191. The molecule has 1 amide bonds. The van der Waals surface area contributed by atoms with Crippen molar-refractivity contribution in [2.75, 3.05) is 19.0 Å². The summed E-state index contributed by atoms with van der Waals surface area (Å²) in [7, 11) is -2.61. The van der Waals surface area contributed by atoms with Crippen LogP contribution in [0.3, 0.4) is 0 Å². The molecule has 0 aliphatic heterocycles. The Labute approximate surface area is 216 Å². The predicted molar refractivity (Wildman–Crippen MR) is 141 cm³/mol. The number of amides is 1. The molecule has 9 heteroatoms. The van der Waals surface area contributed by atoms with E-state index >= 15 is 0 Å². The molecule has 3 aromatic rings. The fraction of sp³-hybridized carbons (Fsp3) is 0.143. The summed E-state index contributed by atoms with van der Waals surface area (Å²) in [5, 5.41) is 12.3. The molecule has 0 saturated carbocycles. The van der Waals surface area contributed by atoms with Gasteiger partial charge in [0.25, 0.3) is 5.91 Å². The zero-order chi connectivity index (χ0) is 26.8. The Hall–Kier alpha value is -4.55. The molecule has 0 bridgehead atoms. The number of ether oxygens (including phenoxy) is 2. The molecule has 37 heavy (non-hydrogen) atoms. The Morgan fingerprint density at radius 2 is 1.81 bits per heavy atom. The zero-order valence-corrected chi connectivity index (χ0v) is 21.2. The Morgan fingerprint density at radius 1 is 1.11 bits per heavy atom. The van der Waals surface area contributed by atoms with Gasteiger partial charge in [0.1, 0.15) is 22.3 Å². The quantitative estimate of drug-likeness (QED) is 0.162. The maximum absolute atomic E-state index is 12.9. The Morgan fingerprint density at radius 3 is 2.41 bits per heavy atom. The third-order valence-electron chi connectivity index (χ3n) is 5.07. The highest BCUT2D eigenvalue weighted by Gasteiger charge is 2.22. The van der Waals surface area contributed by atoms with E-state index in [0.29, 0.717) is 22.6 Å². The van der Waals surface area contributed by atoms with E-state index < -0.39 is 16.0 Å². The van der Waals surface area contributed by atoms with Gasteiger partial charge < -0.3 is 19.0 Å². The second-order valence-corrected chi connectivity index (χ2v) is 9.18. The van der Waals surface area contributed by atoms with Crippen LogP contribution in [-0.4, -0.2) is 28.0 Å². The first kappa shape index (κ1) is 27.0. The van der Waals surface area contributed by atoms with Gasteiger partial charge in [0.2, 0.25) is 0 Å². The number of rotatable bonds is 11. The molecule has 0 heterocycles. The van der Waals surface area contributed by atoms with Gasteiger partial charge in [-0.05, 0) is 73.5 Å². The number of hydrogen-bond donors (Lipinski definition) is 1. The van der Waals surface area contributed by atoms with Crippen LogP contribution in [0.5, 0.6) is 17.2 Å². The van der Waals surface area contributed by atoms with E-state index in [0.717, 1.165) is 0 Å². The summed E-state index contributed by atoms with van der Waals surface area (Å²) >= 11 is 0. The fourth-order valence-electron chi connectivity index (χ4n) is 3.36. The van der Waals surface area contributed by atoms with Crippen molar-refractivity contribution in [3.63, 3.8) is 0 Å². The second-order valence-electron chi connectivity index (χ2n) is 7.64. The van der Waals surface area contributed by atoms with Crippen molar-refractivity contribution < 1.29 is 26.9 Å². The number of benzene rings is 3. The highest BCUT2D eigenvalue weighted by Crippen LogP contribution is 2.36. The summed E-state index contributed by atoms with van der Waals surface area (Å²) in [6, 6.07) is 19.5. The molecule has 0 aliphatic rings. The smallest absolute Gasteiger partial charge is 0.339 e. The Bertz CT molecular complexity index is 1440. The number of hydrogen-bond acceptors (Lipinski definition) is 7. The van der Waals surface area contributed by atoms with E-state index in [2.05, 4.69) is 11.9 Å². The van der Waals surface area contributed by atoms with E-state index in [1.807, 2.05) is 6.07 Å². The molecule has 1 N–H and O–H groups in total. The van der Waals surface area contributed by atoms with Crippen LogP contribution in [0.15, 0.2) is 89.9 Å². The molecular weight excluding hydrogens is 492 g/mol. The first-order valence-corrected chi connectivity index (χ1v) is 12.7. The molecule has 0 fully saturated rings. The highest BCUT2D eigenvalue weighted by molar-refractivity contribution is 7.87. The molecule has 0 atom stereocenters. The lowest BCUT2D eigenvalue weighted by Gasteiger charge is -2.16. The normalized spacial score (nSPS) is 11.2. The minimum Gasteiger partial charge on any atom is -0.497 e. The summed E-state index contributed by atoms with van der Waals surface area (Å²) in [4.78, 5) is 12.7. The first-order valence-electron chi connectivity index (χ1n) is 11.3. The van der Waals surface area contributed by atoms with Gasteiger partial charge in [-0.3, -0.25) is 4.79 Å². The maximum atomic E-state index is 12.9. The van der Waals surface area contributed by atoms with E-state index in [-0.39, 0.29) is 35.0 Å². The Balaban J connectivity index is 1.99. The monoisotopic (exact) mass is 518 g/mol. The SMILES string of the molecule is C=CCc1cc(/C=C(\C#N)C(=O)Nc2ccc(OC)cc2)cc(OCC)c1OS(=O)(=O)c1ccccc1. The van der Waals surface area contributed by atoms with Crippen molar-refractivity contribution >= 4 is 27.8 Å². The van der Waals surface area contributed by atoms with Gasteiger partial charge in [-0.25, -0.2) is 0 Å². The summed E-state index contributed by atoms with van der Waals surface area (Å²) < 4.78 is 42.1. The van der Waals surface area contributed by atoms with Crippen LogP contribution in [0.1, 0.15) is 18.1 Å². The predicted octanol–water partition coefficient (Wildman–Crippen LogP) is 5.14. The molecule has 0 aliphatic carbocycles. The minimum absolute atomic E-state index is 0.00653. The molecule has 3 rings (SSSR count). The van der Waals surface area contributed by atoms with Crippen LogP contribution < -0.4 is 19.0 Å². The molecule has 3 aromatic carbocycles. The van der Waals surface area contributed by atoms with Crippen LogP contribution in [0.25, 0.3) is 6.08 Å². The first-order chi connectivity index (χ1) is 17.8. The zero-order valence-electron chi connectivity index (χ0n) is 20.4. The van der Waals surface area contributed by atoms with Crippen molar-refractivity contribution in [2.45, 2.75) is 18.2 Å². The fourth-order valence-corrected chi connectivity index (χ4v) is 4.36. The van der Waals surface area contributed by atoms with Gasteiger partial charge in [0, 0.05) is 11.3 Å². The number of nitriles is 1. The van der Waals surface area contributed by atoms with E-state index in [1.54, 1.807) is 61.5 Å². The number of nitrogens with one attached hydrogen (secondary N) is 1.